The zero-order valence-electron chi connectivity index (χ0n) is 17.3. The van der Waals surface area contributed by atoms with E-state index in [1.165, 1.54) is 10.4 Å². The molecule has 1 fully saturated rings. The average molecular weight is 393 g/mol. The molecule has 7 heteroatoms. The van der Waals surface area contributed by atoms with Gasteiger partial charge in [0.25, 0.3) is 0 Å². The molecule has 7 nitrogen and oxygen atoms in total. The normalized spacial score (nSPS) is 16.4. The van der Waals surface area contributed by atoms with Crippen LogP contribution in [0.1, 0.15) is 47.1 Å². The van der Waals surface area contributed by atoms with Gasteiger partial charge < -0.3 is 9.30 Å². The lowest BCUT2D eigenvalue weighted by Gasteiger charge is -2.14. The molecule has 152 valence electrons. The van der Waals surface area contributed by atoms with Crippen LogP contribution < -0.4 is 0 Å². The van der Waals surface area contributed by atoms with Crippen LogP contribution in [0, 0.1) is 13.8 Å². The number of Topliss-reactive ketones (excluding diaryl/α,β-unsaturated/α-hetero) is 1. The number of aromatic nitrogens is 5. The Labute approximate surface area is 170 Å². The van der Waals surface area contributed by atoms with Crippen molar-refractivity contribution in [1.29, 1.82) is 0 Å². The summed E-state index contributed by atoms with van der Waals surface area (Å²) >= 11 is 0. The summed E-state index contributed by atoms with van der Waals surface area (Å²) in [6.07, 6.45) is 3.41. The van der Waals surface area contributed by atoms with Gasteiger partial charge in [0.15, 0.2) is 5.78 Å². The largest absolute Gasteiger partial charge is 0.376 e. The highest BCUT2D eigenvalue weighted by Gasteiger charge is 2.21. The van der Waals surface area contributed by atoms with E-state index >= 15 is 0 Å². The van der Waals surface area contributed by atoms with Crippen molar-refractivity contribution < 1.29 is 9.53 Å². The van der Waals surface area contributed by atoms with Crippen molar-refractivity contribution in [2.24, 2.45) is 0 Å². The van der Waals surface area contributed by atoms with Gasteiger partial charge in [-0.2, -0.15) is 4.80 Å². The maximum atomic E-state index is 12.9. The van der Waals surface area contributed by atoms with Crippen molar-refractivity contribution in [2.75, 3.05) is 6.61 Å². The fraction of sp³-hybridized carbons (Fsp3) is 0.455. The summed E-state index contributed by atoms with van der Waals surface area (Å²) in [7, 11) is 0. The summed E-state index contributed by atoms with van der Waals surface area (Å²) in [5, 5.41) is 12.6. The summed E-state index contributed by atoms with van der Waals surface area (Å²) in [5.41, 5.74) is 4.92. The molecular formula is C22H27N5O2. The van der Waals surface area contributed by atoms with Crippen molar-refractivity contribution in [3.8, 4) is 11.4 Å². The number of carbonyl (C=O) groups is 1. The van der Waals surface area contributed by atoms with E-state index in [4.69, 9.17) is 4.74 Å². The van der Waals surface area contributed by atoms with Crippen molar-refractivity contribution in [2.45, 2.75) is 59.2 Å². The van der Waals surface area contributed by atoms with Crippen molar-refractivity contribution >= 4 is 5.78 Å². The Bertz CT molecular complexity index is 997. The summed E-state index contributed by atoms with van der Waals surface area (Å²) in [6.45, 7) is 7.84. The lowest BCUT2D eigenvalue weighted by molar-refractivity contribution is 0.0943. The quantitative estimate of drug-likeness (QED) is 0.575. The van der Waals surface area contributed by atoms with E-state index < -0.39 is 0 Å². The number of benzene rings is 1. The molecule has 3 aromatic rings. The number of aryl methyl sites for hydroxylation is 2. The minimum absolute atomic E-state index is 0.0121. The molecule has 29 heavy (non-hydrogen) atoms. The lowest BCUT2D eigenvalue weighted by atomic mass is 10.1. The predicted octanol–water partition coefficient (Wildman–Crippen LogP) is 3.38. The van der Waals surface area contributed by atoms with Gasteiger partial charge in [-0.05, 0) is 50.0 Å². The lowest BCUT2D eigenvalue weighted by Crippen LogP contribution is -2.18. The number of ketones is 1. The summed E-state index contributed by atoms with van der Waals surface area (Å²) in [6, 6.07) is 10.0. The molecule has 2 aromatic heterocycles. The molecule has 0 bridgehead atoms. The van der Waals surface area contributed by atoms with Gasteiger partial charge in [-0.25, -0.2) is 0 Å². The topological polar surface area (TPSA) is 74.8 Å². The second-order valence-corrected chi connectivity index (χ2v) is 7.65. The third kappa shape index (κ3) is 4.15. The highest BCUT2D eigenvalue weighted by Crippen LogP contribution is 2.21. The molecule has 0 aliphatic carbocycles. The van der Waals surface area contributed by atoms with Crippen LogP contribution in [0.2, 0.25) is 0 Å². The molecule has 1 atom stereocenters. The van der Waals surface area contributed by atoms with Crippen molar-refractivity contribution in [3.05, 3.63) is 52.8 Å². The molecule has 1 aliphatic heterocycles. The highest BCUT2D eigenvalue weighted by atomic mass is 16.5. The van der Waals surface area contributed by atoms with Gasteiger partial charge in [0.05, 0.1) is 6.10 Å². The smallest absolute Gasteiger partial charge is 0.204 e. The molecule has 0 unspecified atom stereocenters. The molecule has 3 heterocycles. The Hall–Kier alpha value is -2.80. The molecule has 0 saturated carbocycles. The first-order valence-electron chi connectivity index (χ1n) is 10.2. The van der Waals surface area contributed by atoms with E-state index in [0.29, 0.717) is 11.4 Å². The van der Waals surface area contributed by atoms with Gasteiger partial charge in [-0.15, -0.1) is 10.2 Å². The summed E-state index contributed by atoms with van der Waals surface area (Å²) in [5.74, 6) is 0.520. The van der Waals surface area contributed by atoms with Crippen molar-refractivity contribution in [1.82, 2.24) is 24.8 Å². The third-order valence-electron chi connectivity index (χ3n) is 5.64. The molecule has 1 aliphatic rings. The molecule has 1 saturated heterocycles. The van der Waals surface area contributed by atoms with E-state index in [0.717, 1.165) is 49.4 Å². The van der Waals surface area contributed by atoms with Crippen LogP contribution in [0.25, 0.3) is 11.4 Å². The number of rotatable bonds is 7. The molecule has 0 amide bonds. The Kier molecular flexibility index (Phi) is 5.58. The van der Waals surface area contributed by atoms with Gasteiger partial charge in [0, 0.05) is 35.7 Å². The molecule has 0 radical (unpaired) electrons. The van der Waals surface area contributed by atoms with Crippen molar-refractivity contribution in [3.63, 3.8) is 0 Å². The highest BCUT2D eigenvalue weighted by molar-refractivity contribution is 5.97. The number of ether oxygens (including phenoxy) is 1. The second-order valence-electron chi connectivity index (χ2n) is 7.65. The second kappa shape index (κ2) is 8.29. The van der Waals surface area contributed by atoms with Crippen LogP contribution >= 0.6 is 0 Å². The SMILES string of the molecule is CCc1ccc(-c2nnn(CC(=O)c3cc(C)n(C[C@H]4CCCO4)c3C)n2)cc1. The number of tetrazole rings is 1. The number of hydrogen-bond acceptors (Lipinski definition) is 5. The van der Waals surface area contributed by atoms with Gasteiger partial charge in [-0.1, -0.05) is 31.2 Å². The molecule has 1 aromatic carbocycles. The van der Waals surface area contributed by atoms with Crippen LogP contribution in [-0.4, -0.2) is 43.3 Å². The van der Waals surface area contributed by atoms with Crippen LogP contribution in [0.15, 0.2) is 30.3 Å². The van der Waals surface area contributed by atoms with E-state index in [-0.39, 0.29) is 18.4 Å². The van der Waals surface area contributed by atoms with Gasteiger partial charge >= 0.3 is 0 Å². The average Bonchev–Trinajstić information content (AvgIpc) is 3.46. The zero-order chi connectivity index (χ0) is 20.4. The van der Waals surface area contributed by atoms with E-state index in [9.17, 15) is 4.79 Å². The van der Waals surface area contributed by atoms with Gasteiger partial charge in [0.1, 0.15) is 6.54 Å². The third-order valence-corrected chi connectivity index (χ3v) is 5.64. The number of hydrogen-bond donors (Lipinski definition) is 0. The van der Waals surface area contributed by atoms with E-state index in [1.54, 1.807) is 0 Å². The van der Waals surface area contributed by atoms with Crippen LogP contribution in [-0.2, 0) is 24.2 Å². The van der Waals surface area contributed by atoms with E-state index in [1.807, 2.05) is 32.0 Å². The first-order chi connectivity index (χ1) is 14.0. The Balaban J connectivity index is 1.47. The maximum Gasteiger partial charge on any atom is 0.204 e. The number of carbonyl (C=O) groups excluding carboxylic acids is 1. The monoisotopic (exact) mass is 393 g/mol. The Morgan fingerprint density at radius 3 is 2.72 bits per heavy atom. The van der Waals surface area contributed by atoms with Crippen LogP contribution in [0.4, 0.5) is 0 Å². The maximum absolute atomic E-state index is 12.9. The van der Waals surface area contributed by atoms with Crippen LogP contribution in [0.5, 0.6) is 0 Å². The molecule has 0 N–H and O–H groups in total. The minimum Gasteiger partial charge on any atom is -0.376 e. The molecular weight excluding hydrogens is 366 g/mol. The fourth-order valence-corrected chi connectivity index (χ4v) is 3.89. The van der Waals surface area contributed by atoms with Crippen LogP contribution in [0.3, 0.4) is 0 Å². The Morgan fingerprint density at radius 2 is 2.03 bits per heavy atom. The van der Waals surface area contributed by atoms with Gasteiger partial charge in [-0.3, -0.25) is 4.79 Å². The number of nitrogens with zero attached hydrogens (tertiary/aromatic N) is 5. The Morgan fingerprint density at radius 1 is 1.24 bits per heavy atom. The first kappa shape index (κ1) is 19.5. The summed E-state index contributed by atoms with van der Waals surface area (Å²) < 4.78 is 7.93. The summed E-state index contributed by atoms with van der Waals surface area (Å²) in [4.78, 5) is 14.3. The fourth-order valence-electron chi connectivity index (χ4n) is 3.89. The minimum atomic E-state index is -0.0121. The van der Waals surface area contributed by atoms with Gasteiger partial charge in [0.2, 0.25) is 5.82 Å². The predicted molar refractivity (Wildman–Crippen MR) is 110 cm³/mol. The van der Waals surface area contributed by atoms with E-state index in [2.05, 4.69) is 39.0 Å². The molecule has 0 spiro atoms. The standard InChI is InChI=1S/C22H27N5O2/c1-4-17-7-9-18(10-8-17)22-23-25-27(24-22)14-21(28)20-12-15(2)26(16(20)3)13-19-6-5-11-29-19/h7-10,12,19H,4-6,11,13-14H2,1-3H3/t19-/m1/s1. The zero-order valence-corrected chi connectivity index (χ0v) is 17.3. The molecule has 4 rings (SSSR count). The first-order valence-corrected chi connectivity index (χ1v) is 10.2.